The van der Waals surface area contributed by atoms with E-state index in [1.54, 1.807) is 13.8 Å². The molecule has 1 aromatic rings. The van der Waals surface area contributed by atoms with Gasteiger partial charge >= 0.3 is 0 Å². The molecule has 120 valence electrons. The van der Waals surface area contributed by atoms with Crippen LogP contribution in [0.1, 0.15) is 25.5 Å². The molecule has 0 amide bonds. The molecule has 0 fully saturated rings. The van der Waals surface area contributed by atoms with E-state index in [0.717, 1.165) is 6.21 Å². The quantitative estimate of drug-likeness (QED) is 0.176. The van der Waals surface area contributed by atoms with Crippen LogP contribution in [-0.4, -0.2) is 11.4 Å². The van der Waals surface area contributed by atoms with Crippen molar-refractivity contribution in [2.24, 2.45) is 10.9 Å². The van der Waals surface area contributed by atoms with Crippen LogP contribution >= 0.6 is 39.1 Å². The Labute approximate surface area is 146 Å². The van der Waals surface area contributed by atoms with E-state index in [0.29, 0.717) is 21.5 Å². The number of allylic oxidation sites excluding steroid dienone is 3. The third kappa shape index (κ3) is 4.90. The fourth-order valence-corrected chi connectivity index (χ4v) is 2.60. The Hall–Kier alpha value is -1.24. The molecule has 1 aromatic carbocycles. The number of hydrogen-bond acceptors (Lipinski definition) is 4. The Morgan fingerprint density at radius 3 is 2.68 bits per heavy atom. The lowest BCUT2D eigenvalue weighted by Crippen LogP contribution is -2.07. The third-order valence-corrected chi connectivity index (χ3v) is 3.78. The molecular formula is C14H14BrCl2FN2O2. The van der Waals surface area contributed by atoms with Gasteiger partial charge in [0.05, 0.1) is 11.2 Å². The average Bonchev–Trinajstić information content (AvgIpc) is 2.43. The van der Waals surface area contributed by atoms with Crippen LogP contribution in [0.15, 0.2) is 39.3 Å². The predicted octanol–water partition coefficient (Wildman–Crippen LogP) is 5.14. The number of hydrogen-bond donors (Lipinski definition) is 2. The van der Waals surface area contributed by atoms with Gasteiger partial charge in [-0.05, 0) is 48.0 Å². The van der Waals surface area contributed by atoms with Crippen LogP contribution in [0.2, 0.25) is 10.0 Å². The van der Waals surface area contributed by atoms with Gasteiger partial charge in [-0.1, -0.05) is 28.4 Å². The minimum Gasteiger partial charge on any atom is -0.484 e. The second-order valence-corrected chi connectivity index (χ2v) is 6.04. The number of benzene rings is 1. The summed E-state index contributed by atoms with van der Waals surface area (Å²) in [6.45, 7) is 3.29. The van der Waals surface area contributed by atoms with Gasteiger partial charge in [0.25, 0.3) is 0 Å². The molecule has 0 radical (unpaired) electrons. The van der Waals surface area contributed by atoms with Gasteiger partial charge < -0.3 is 15.7 Å². The summed E-state index contributed by atoms with van der Waals surface area (Å²) in [5, 5.41) is 11.5. The van der Waals surface area contributed by atoms with Crippen LogP contribution in [0.4, 0.5) is 4.39 Å². The fraction of sp³-hybridized carbons (Fsp3) is 0.214. The highest BCUT2D eigenvalue weighted by Gasteiger charge is 2.19. The Balaban J connectivity index is 3.14. The number of nitrogens with zero attached hydrogens (tertiary/aromatic N) is 1. The number of oxime groups is 1. The minimum absolute atomic E-state index is 0.103. The molecule has 0 aromatic heterocycles. The normalized spacial score (nSPS) is 14.9. The van der Waals surface area contributed by atoms with E-state index in [1.165, 1.54) is 18.2 Å². The second kappa shape index (κ2) is 8.41. The summed E-state index contributed by atoms with van der Waals surface area (Å²) in [6.07, 6.45) is 2.01. The fourth-order valence-electron chi connectivity index (χ4n) is 1.62. The zero-order chi connectivity index (χ0) is 16.9. The second-order valence-electron chi connectivity index (χ2n) is 4.34. The Morgan fingerprint density at radius 1 is 1.50 bits per heavy atom. The maximum atomic E-state index is 13.6. The van der Waals surface area contributed by atoms with Crippen molar-refractivity contribution in [3.8, 4) is 0 Å². The van der Waals surface area contributed by atoms with E-state index in [-0.39, 0.29) is 10.0 Å². The van der Waals surface area contributed by atoms with E-state index in [9.17, 15) is 4.39 Å². The lowest BCUT2D eigenvalue weighted by Gasteiger charge is -2.19. The van der Waals surface area contributed by atoms with Crippen molar-refractivity contribution in [2.45, 2.75) is 20.0 Å². The van der Waals surface area contributed by atoms with Gasteiger partial charge in [-0.2, -0.15) is 0 Å². The molecule has 0 aliphatic rings. The molecule has 0 bridgehead atoms. The van der Waals surface area contributed by atoms with E-state index in [1.807, 2.05) is 0 Å². The highest BCUT2D eigenvalue weighted by molar-refractivity contribution is 9.12. The topological polar surface area (TPSA) is 67.8 Å². The first-order valence-corrected chi connectivity index (χ1v) is 7.63. The zero-order valence-electron chi connectivity index (χ0n) is 11.8. The van der Waals surface area contributed by atoms with Crippen molar-refractivity contribution < 1.29 is 14.3 Å². The highest BCUT2D eigenvalue weighted by atomic mass is 79.9. The Kier molecular flexibility index (Phi) is 7.19. The predicted molar refractivity (Wildman–Crippen MR) is 90.1 cm³/mol. The van der Waals surface area contributed by atoms with E-state index in [2.05, 4.69) is 21.1 Å². The molecule has 0 unspecified atom stereocenters. The van der Waals surface area contributed by atoms with Crippen molar-refractivity contribution >= 4 is 45.3 Å². The highest BCUT2D eigenvalue weighted by Crippen LogP contribution is 2.35. The van der Waals surface area contributed by atoms with Crippen molar-refractivity contribution in [3.63, 3.8) is 0 Å². The number of nitrogens with two attached hydrogens (primary N) is 1. The first kappa shape index (κ1) is 18.8. The van der Waals surface area contributed by atoms with Crippen LogP contribution in [0.25, 0.3) is 0 Å². The van der Waals surface area contributed by atoms with Crippen LogP contribution < -0.4 is 5.73 Å². The van der Waals surface area contributed by atoms with Gasteiger partial charge in [0.15, 0.2) is 0 Å². The molecule has 0 aliphatic carbocycles. The monoisotopic (exact) mass is 410 g/mol. The Bertz CT molecular complexity index is 644. The summed E-state index contributed by atoms with van der Waals surface area (Å²) in [5.41, 5.74) is 6.45. The zero-order valence-corrected chi connectivity index (χ0v) is 14.9. The average molecular weight is 412 g/mol. The molecule has 4 nitrogen and oxygen atoms in total. The molecule has 8 heteroatoms. The molecule has 0 spiro atoms. The smallest absolute Gasteiger partial charge is 0.142 e. The summed E-state index contributed by atoms with van der Waals surface area (Å²) >= 11 is 15.2. The summed E-state index contributed by atoms with van der Waals surface area (Å²) in [5.74, 6) is -0.286. The van der Waals surface area contributed by atoms with E-state index < -0.39 is 11.9 Å². The largest absolute Gasteiger partial charge is 0.484 e. The summed E-state index contributed by atoms with van der Waals surface area (Å²) in [7, 11) is 0. The van der Waals surface area contributed by atoms with Crippen molar-refractivity contribution in [3.05, 3.63) is 55.6 Å². The van der Waals surface area contributed by atoms with Crippen molar-refractivity contribution in [2.75, 3.05) is 0 Å². The van der Waals surface area contributed by atoms with Crippen LogP contribution in [0.5, 0.6) is 0 Å². The van der Waals surface area contributed by atoms with E-state index >= 15 is 0 Å². The van der Waals surface area contributed by atoms with Crippen molar-refractivity contribution in [1.82, 2.24) is 0 Å². The standard InChI is InChI=1S/C14H14BrCl2FN2O2/c1-7(19)12(5-9(15)6-20-21)22-8(2)13-10(16)3-4-11(18)14(13)17/h3-6,8,21H,19H2,1-2H3/b9-5+,12-7-,20-6+/t8-/m1/s1. The molecule has 0 saturated carbocycles. The van der Waals surface area contributed by atoms with E-state index in [4.69, 9.17) is 38.9 Å². The first-order chi connectivity index (χ1) is 10.3. The molecule has 0 saturated heterocycles. The lowest BCUT2D eigenvalue weighted by molar-refractivity contribution is 0.140. The number of halogens is 4. The van der Waals surface area contributed by atoms with Gasteiger partial charge in [-0.15, -0.1) is 0 Å². The van der Waals surface area contributed by atoms with Crippen LogP contribution in [0, 0.1) is 5.82 Å². The minimum atomic E-state index is -0.646. The SMILES string of the molecule is C\C(N)=C(/C=C(Br)\C=N\O)O[C@H](C)c1c(Cl)ccc(F)c1Cl. The summed E-state index contributed by atoms with van der Waals surface area (Å²) in [6, 6.07) is 2.58. The number of rotatable bonds is 5. The van der Waals surface area contributed by atoms with Gasteiger partial charge in [0.2, 0.25) is 0 Å². The molecule has 1 rings (SSSR count). The van der Waals surface area contributed by atoms with Crippen LogP contribution in [-0.2, 0) is 4.74 Å². The molecule has 3 N–H and O–H groups in total. The Morgan fingerprint density at radius 2 is 2.14 bits per heavy atom. The lowest BCUT2D eigenvalue weighted by atomic mass is 10.1. The summed E-state index contributed by atoms with van der Waals surface area (Å²) < 4.78 is 19.7. The number of ether oxygens (including phenoxy) is 1. The maximum absolute atomic E-state index is 13.6. The molecule has 0 aliphatic heterocycles. The van der Waals surface area contributed by atoms with Crippen LogP contribution in [0.3, 0.4) is 0 Å². The molecule has 0 heterocycles. The third-order valence-electron chi connectivity index (χ3n) is 2.63. The van der Waals surface area contributed by atoms with Gasteiger partial charge in [0.1, 0.15) is 17.7 Å². The molecular weight excluding hydrogens is 398 g/mol. The van der Waals surface area contributed by atoms with Gasteiger partial charge in [-0.3, -0.25) is 0 Å². The van der Waals surface area contributed by atoms with Gasteiger partial charge in [0, 0.05) is 20.8 Å². The van der Waals surface area contributed by atoms with Gasteiger partial charge in [-0.25, -0.2) is 4.39 Å². The first-order valence-electron chi connectivity index (χ1n) is 6.09. The molecule has 1 atom stereocenters. The summed E-state index contributed by atoms with van der Waals surface area (Å²) in [4.78, 5) is 0. The van der Waals surface area contributed by atoms with Crippen molar-refractivity contribution in [1.29, 1.82) is 0 Å². The molecule has 22 heavy (non-hydrogen) atoms. The maximum Gasteiger partial charge on any atom is 0.142 e.